The maximum Gasteiger partial charge on any atom is 0.416 e. The molecule has 0 heterocycles. The maximum atomic E-state index is 13.3. The van der Waals surface area contributed by atoms with Crippen molar-refractivity contribution >= 4 is 10.0 Å². The second-order valence-corrected chi connectivity index (χ2v) is 6.75. The molecule has 0 fully saturated rings. The van der Waals surface area contributed by atoms with E-state index in [-0.39, 0.29) is 10.5 Å². The molecule has 1 N–H and O–H groups in total. The Morgan fingerprint density at radius 1 is 1.09 bits per heavy atom. The van der Waals surface area contributed by atoms with Crippen molar-refractivity contribution in [2.75, 3.05) is 0 Å². The van der Waals surface area contributed by atoms with E-state index in [2.05, 4.69) is 4.72 Å². The van der Waals surface area contributed by atoms with Crippen LogP contribution in [0.2, 0.25) is 0 Å². The van der Waals surface area contributed by atoms with E-state index in [0.29, 0.717) is 12.1 Å². The van der Waals surface area contributed by atoms with Crippen LogP contribution < -0.4 is 4.72 Å². The van der Waals surface area contributed by atoms with Crippen molar-refractivity contribution in [1.82, 2.24) is 4.72 Å². The summed E-state index contributed by atoms with van der Waals surface area (Å²) in [4.78, 5) is -0.00931. The Labute approximate surface area is 131 Å². The van der Waals surface area contributed by atoms with Crippen LogP contribution in [0, 0.1) is 12.7 Å². The fraction of sp³-hybridized carbons (Fsp3) is 0.200. The molecule has 0 amide bonds. The highest BCUT2D eigenvalue weighted by Crippen LogP contribution is 2.30. The minimum Gasteiger partial charge on any atom is -0.207 e. The normalized spacial score (nSPS) is 12.4. The first kappa shape index (κ1) is 17.4. The van der Waals surface area contributed by atoms with Gasteiger partial charge in [-0.05, 0) is 48.4 Å². The molecule has 0 bridgehead atoms. The van der Waals surface area contributed by atoms with E-state index in [1.54, 1.807) is 19.1 Å². The number of benzene rings is 2. The fourth-order valence-corrected chi connectivity index (χ4v) is 3.08. The summed E-state index contributed by atoms with van der Waals surface area (Å²) in [7, 11) is -3.90. The number of hydrogen-bond donors (Lipinski definition) is 1. The number of rotatable bonds is 4. The highest BCUT2D eigenvalue weighted by atomic mass is 32.2. The molecule has 0 atom stereocenters. The lowest BCUT2D eigenvalue weighted by atomic mass is 10.1. The van der Waals surface area contributed by atoms with Crippen LogP contribution in [-0.2, 0) is 22.7 Å². The van der Waals surface area contributed by atoms with Crippen molar-refractivity contribution in [2.45, 2.75) is 24.5 Å². The van der Waals surface area contributed by atoms with Crippen LogP contribution in [-0.4, -0.2) is 8.42 Å². The highest BCUT2D eigenvalue weighted by molar-refractivity contribution is 7.89. The van der Waals surface area contributed by atoms with E-state index < -0.39 is 34.1 Å². The monoisotopic (exact) mass is 347 g/mol. The van der Waals surface area contributed by atoms with Gasteiger partial charge in [-0.3, -0.25) is 0 Å². The summed E-state index contributed by atoms with van der Waals surface area (Å²) in [6, 6.07) is 7.97. The average molecular weight is 347 g/mol. The third-order valence-corrected chi connectivity index (χ3v) is 4.45. The summed E-state index contributed by atoms with van der Waals surface area (Å²) in [5, 5.41) is 0. The van der Waals surface area contributed by atoms with Gasteiger partial charge in [0.15, 0.2) is 0 Å². The largest absolute Gasteiger partial charge is 0.416 e. The molecule has 2 aromatic rings. The maximum absolute atomic E-state index is 13.3. The predicted molar refractivity (Wildman–Crippen MR) is 76.6 cm³/mol. The van der Waals surface area contributed by atoms with Gasteiger partial charge in [0, 0.05) is 6.54 Å². The summed E-state index contributed by atoms with van der Waals surface area (Å²) in [6.07, 6.45) is -4.70. The SMILES string of the molecule is Cc1cccc(S(=O)(=O)NCc2cc(F)cc(C(F)(F)F)c2)c1. The van der Waals surface area contributed by atoms with Gasteiger partial charge in [0.1, 0.15) is 5.82 Å². The van der Waals surface area contributed by atoms with Gasteiger partial charge in [0.25, 0.3) is 0 Å². The smallest absolute Gasteiger partial charge is 0.207 e. The van der Waals surface area contributed by atoms with Gasteiger partial charge in [-0.2, -0.15) is 13.2 Å². The Kier molecular flexibility index (Phi) is 4.76. The summed E-state index contributed by atoms with van der Waals surface area (Å²) in [5.74, 6) is -1.08. The topological polar surface area (TPSA) is 46.2 Å². The summed E-state index contributed by atoms with van der Waals surface area (Å²) < 4.78 is 77.5. The van der Waals surface area contributed by atoms with Crippen molar-refractivity contribution in [3.63, 3.8) is 0 Å². The Bertz CT molecular complexity index is 816. The Balaban J connectivity index is 2.22. The number of hydrogen-bond acceptors (Lipinski definition) is 2. The molecular weight excluding hydrogens is 334 g/mol. The van der Waals surface area contributed by atoms with Gasteiger partial charge in [-0.15, -0.1) is 0 Å². The predicted octanol–water partition coefficient (Wildman–Crippen LogP) is 3.63. The molecule has 0 aliphatic carbocycles. The van der Waals surface area contributed by atoms with Crippen LogP contribution in [0.4, 0.5) is 17.6 Å². The first-order valence-corrected chi connectivity index (χ1v) is 7.99. The standard InChI is InChI=1S/C15H13F4NO2S/c1-10-3-2-4-14(5-10)23(21,22)20-9-11-6-12(15(17,18)19)8-13(16)7-11/h2-8,20H,9H2,1H3. The van der Waals surface area contributed by atoms with Crippen molar-refractivity contribution < 1.29 is 26.0 Å². The lowest BCUT2D eigenvalue weighted by Crippen LogP contribution is -2.23. The first-order chi connectivity index (χ1) is 10.6. The minimum absolute atomic E-state index is 0.00931. The van der Waals surface area contributed by atoms with Crippen molar-refractivity contribution in [2.24, 2.45) is 0 Å². The molecule has 0 aromatic heterocycles. The minimum atomic E-state index is -4.70. The van der Waals surface area contributed by atoms with Gasteiger partial charge >= 0.3 is 6.18 Å². The molecule has 0 spiro atoms. The van der Waals surface area contributed by atoms with Crippen molar-refractivity contribution in [1.29, 1.82) is 0 Å². The zero-order valence-corrected chi connectivity index (χ0v) is 12.8. The number of halogens is 4. The number of aryl methyl sites for hydroxylation is 1. The van der Waals surface area contributed by atoms with Crippen molar-refractivity contribution in [3.05, 3.63) is 65.0 Å². The zero-order valence-electron chi connectivity index (χ0n) is 12.0. The average Bonchev–Trinajstić information content (AvgIpc) is 2.44. The number of sulfonamides is 1. The summed E-state index contributed by atoms with van der Waals surface area (Å²) >= 11 is 0. The number of nitrogens with one attached hydrogen (secondary N) is 1. The van der Waals surface area contributed by atoms with Crippen LogP contribution in [0.5, 0.6) is 0 Å². The molecule has 124 valence electrons. The van der Waals surface area contributed by atoms with Crippen LogP contribution in [0.15, 0.2) is 47.4 Å². The second kappa shape index (κ2) is 6.29. The molecule has 2 aromatic carbocycles. The Hall–Kier alpha value is -1.93. The van der Waals surface area contributed by atoms with Crippen LogP contribution in [0.1, 0.15) is 16.7 Å². The molecule has 2 rings (SSSR count). The second-order valence-electron chi connectivity index (χ2n) is 4.99. The molecule has 0 saturated carbocycles. The molecule has 0 unspecified atom stereocenters. The molecule has 3 nitrogen and oxygen atoms in total. The third-order valence-electron chi connectivity index (χ3n) is 3.05. The summed E-state index contributed by atoms with van der Waals surface area (Å²) in [5.41, 5.74) is -0.561. The van der Waals surface area contributed by atoms with E-state index in [1.807, 2.05) is 0 Å². The van der Waals surface area contributed by atoms with Gasteiger partial charge in [-0.1, -0.05) is 12.1 Å². The van der Waals surface area contributed by atoms with Gasteiger partial charge in [0.05, 0.1) is 10.5 Å². The zero-order chi connectivity index (χ0) is 17.3. The van der Waals surface area contributed by atoms with E-state index >= 15 is 0 Å². The molecule has 0 saturated heterocycles. The van der Waals surface area contributed by atoms with Gasteiger partial charge in [0.2, 0.25) is 10.0 Å². The molecule has 8 heteroatoms. The number of alkyl halides is 3. The highest BCUT2D eigenvalue weighted by Gasteiger charge is 2.31. The van der Waals surface area contributed by atoms with Crippen LogP contribution in [0.25, 0.3) is 0 Å². The van der Waals surface area contributed by atoms with E-state index in [0.717, 1.165) is 11.6 Å². The van der Waals surface area contributed by atoms with E-state index in [4.69, 9.17) is 0 Å². The molecule has 0 radical (unpaired) electrons. The lowest BCUT2D eigenvalue weighted by molar-refractivity contribution is -0.137. The van der Waals surface area contributed by atoms with Crippen LogP contribution >= 0.6 is 0 Å². The first-order valence-electron chi connectivity index (χ1n) is 6.51. The molecule has 0 aliphatic heterocycles. The van der Waals surface area contributed by atoms with Crippen molar-refractivity contribution in [3.8, 4) is 0 Å². The van der Waals surface area contributed by atoms with Gasteiger partial charge in [-0.25, -0.2) is 17.5 Å². The van der Waals surface area contributed by atoms with E-state index in [9.17, 15) is 26.0 Å². The molecular formula is C15H13F4NO2S. The Morgan fingerprint density at radius 3 is 2.39 bits per heavy atom. The van der Waals surface area contributed by atoms with Crippen LogP contribution in [0.3, 0.4) is 0 Å². The summed E-state index contributed by atoms with van der Waals surface area (Å²) in [6.45, 7) is 1.26. The quantitative estimate of drug-likeness (QED) is 0.859. The van der Waals surface area contributed by atoms with Gasteiger partial charge < -0.3 is 0 Å². The lowest BCUT2D eigenvalue weighted by Gasteiger charge is -2.11. The molecule has 0 aliphatic rings. The van der Waals surface area contributed by atoms with E-state index in [1.165, 1.54) is 12.1 Å². The molecule has 23 heavy (non-hydrogen) atoms. The Morgan fingerprint density at radius 2 is 1.78 bits per heavy atom. The third kappa shape index (κ3) is 4.52. The fourth-order valence-electron chi connectivity index (χ4n) is 1.96.